The highest BCUT2D eigenvalue weighted by Crippen LogP contribution is 2.18. The third kappa shape index (κ3) is 5.19. The molecule has 0 unspecified atom stereocenters. The van der Waals surface area contributed by atoms with Crippen molar-refractivity contribution in [3.8, 4) is 0 Å². The van der Waals surface area contributed by atoms with Gasteiger partial charge in [0.1, 0.15) is 6.61 Å². The minimum atomic E-state index is -0.0914. The normalized spacial score (nSPS) is 15.2. The van der Waals surface area contributed by atoms with E-state index in [0.717, 1.165) is 6.42 Å². The lowest BCUT2D eigenvalue weighted by atomic mass is 10.2. The second-order valence-electron chi connectivity index (χ2n) is 5.55. The molecule has 0 spiro atoms. The zero-order valence-electron chi connectivity index (χ0n) is 13.9. The van der Waals surface area contributed by atoms with Crippen LogP contribution in [0.1, 0.15) is 16.8 Å². The van der Waals surface area contributed by atoms with Gasteiger partial charge in [-0.25, -0.2) is 0 Å². The first-order chi connectivity index (χ1) is 11.6. The lowest BCUT2D eigenvalue weighted by molar-refractivity contribution is -0.136. The number of amides is 2. The van der Waals surface area contributed by atoms with Gasteiger partial charge >= 0.3 is 0 Å². The van der Waals surface area contributed by atoms with Gasteiger partial charge in [-0.1, -0.05) is 23.7 Å². The Morgan fingerprint density at radius 3 is 2.54 bits per heavy atom. The monoisotopic (exact) mass is 354 g/mol. The van der Waals surface area contributed by atoms with Gasteiger partial charge in [0, 0.05) is 33.3 Å². The Kier molecular flexibility index (Phi) is 7.49. The summed E-state index contributed by atoms with van der Waals surface area (Å²) >= 11 is 6.10. The Bertz CT molecular complexity index is 567. The molecule has 1 heterocycles. The van der Waals surface area contributed by atoms with Crippen molar-refractivity contribution < 1.29 is 19.1 Å². The molecule has 1 saturated heterocycles. The molecule has 0 N–H and O–H groups in total. The van der Waals surface area contributed by atoms with Crippen LogP contribution in [0.4, 0.5) is 0 Å². The quantitative estimate of drug-likeness (QED) is 0.729. The van der Waals surface area contributed by atoms with Gasteiger partial charge in [0.15, 0.2) is 0 Å². The van der Waals surface area contributed by atoms with E-state index in [0.29, 0.717) is 50.0 Å². The average molecular weight is 355 g/mol. The van der Waals surface area contributed by atoms with E-state index < -0.39 is 0 Å². The molecule has 0 aliphatic carbocycles. The highest BCUT2D eigenvalue weighted by Gasteiger charge is 2.23. The third-order valence-corrected chi connectivity index (χ3v) is 4.23. The Labute approximate surface area is 147 Å². The first-order valence-electron chi connectivity index (χ1n) is 8.01. The minimum Gasteiger partial charge on any atom is -0.382 e. The van der Waals surface area contributed by atoms with E-state index in [9.17, 15) is 9.59 Å². The maximum atomic E-state index is 12.6. The summed E-state index contributed by atoms with van der Waals surface area (Å²) in [4.78, 5) is 28.2. The van der Waals surface area contributed by atoms with E-state index in [1.807, 2.05) is 0 Å². The number of hydrogen-bond acceptors (Lipinski definition) is 4. The van der Waals surface area contributed by atoms with E-state index in [2.05, 4.69) is 0 Å². The predicted octanol–water partition coefficient (Wildman–Crippen LogP) is 1.68. The smallest absolute Gasteiger partial charge is 0.255 e. The summed E-state index contributed by atoms with van der Waals surface area (Å²) in [5.74, 6) is -0.149. The number of carbonyl (C=O) groups is 2. The number of methoxy groups -OCH3 is 1. The Morgan fingerprint density at radius 2 is 1.79 bits per heavy atom. The largest absolute Gasteiger partial charge is 0.382 e. The van der Waals surface area contributed by atoms with Crippen LogP contribution in [0.25, 0.3) is 0 Å². The fourth-order valence-corrected chi connectivity index (χ4v) is 2.78. The number of ether oxygens (including phenoxy) is 2. The molecule has 0 saturated carbocycles. The zero-order chi connectivity index (χ0) is 17.4. The number of benzene rings is 1. The maximum absolute atomic E-state index is 12.6. The Balaban J connectivity index is 1.87. The second-order valence-corrected chi connectivity index (χ2v) is 5.96. The van der Waals surface area contributed by atoms with Crippen LogP contribution < -0.4 is 0 Å². The van der Waals surface area contributed by atoms with Gasteiger partial charge < -0.3 is 19.3 Å². The topological polar surface area (TPSA) is 59.1 Å². The highest BCUT2D eigenvalue weighted by molar-refractivity contribution is 6.33. The molecule has 1 aromatic rings. The first kappa shape index (κ1) is 18.7. The van der Waals surface area contributed by atoms with E-state index in [1.54, 1.807) is 41.2 Å². The summed E-state index contributed by atoms with van der Waals surface area (Å²) in [6.45, 7) is 3.14. The maximum Gasteiger partial charge on any atom is 0.255 e. The standard InChI is InChI=1S/C17H23ClN2O4/c1-23-11-12-24-13-16(21)19-7-4-8-20(10-9-19)17(22)14-5-2-3-6-15(14)18/h2-3,5-6H,4,7-13H2,1H3. The molecule has 7 heteroatoms. The number of rotatable bonds is 6. The van der Waals surface area contributed by atoms with Crippen molar-refractivity contribution >= 4 is 23.4 Å². The van der Waals surface area contributed by atoms with E-state index in [4.69, 9.17) is 21.1 Å². The first-order valence-corrected chi connectivity index (χ1v) is 8.39. The van der Waals surface area contributed by atoms with Gasteiger partial charge in [0.05, 0.1) is 23.8 Å². The van der Waals surface area contributed by atoms with Crippen LogP contribution in [0.2, 0.25) is 5.02 Å². The lowest BCUT2D eigenvalue weighted by Crippen LogP contribution is -2.39. The number of hydrogen-bond donors (Lipinski definition) is 0. The molecule has 1 fully saturated rings. The SMILES string of the molecule is COCCOCC(=O)N1CCCN(C(=O)c2ccccc2Cl)CC1. The molecule has 1 aliphatic rings. The molecule has 0 bridgehead atoms. The molecule has 0 atom stereocenters. The van der Waals surface area contributed by atoms with E-state index >= 15 is 0 Å². The van der Waals surface area contributed by atoms with E-state index in [1.165, 1.54) is 0 Å². The Hall–Kier alpha value is -1.63. The van der Waals surface area contributed by atoms with E-state index in [-0.39, 0.29) is 18.4 Å². The third-order valence-electron chi connectivity index (χ3n) is 3.90. The van der Waals surface area contributed by atoms with Crippen molar-refractivity contribution in [2.45, 2.75) is 6.42 Å². The molecule has 0 radical (unpaired) electrons. The van der Waals surface area contributed by atoms with Crippen LogP contribution in [0.5, 0.6) is 0 Å². The summed E-state index contributed by atoms with van der Waals surface area (Å²) in [5.41, 5.74) is 0.502. The summed E-state index contributed by atoms with van der Waals surface area (Å²) in [6, 6.07) is 7.03. The number of carbonyl (C=O) groups excluding carboxylic acids is 2. The van der Waals surface area contributed by atoms with Crippen LogP contribution in [0.3, 0.4) is 0 Å². The summed E-state index contributed by atoms with van der Waals surface area (Å²) < 4.78 is 10.2. The molecule has 0 aromatic heterocycles. The van der Waals surface area contributed by atoms with Crippen molar-refractivity contribution in [2.75, 3.05) is 53.1 Å². The summed E-state index contributed by atoms with van der Waals surface area (Å²) in [7, 11) is 1.59. The molecule has 2 amide bonds. The Morgan fingerprint density at radius 1 is 1.08 bits per heavy atom. The van der Waals surface area contributed by atoms with Crippen molar-refractivity contribution in [1.82, 2.24) is 9.80 Å². The molecule has 132 valence electrons. The molecule has 2 rings (SSSR count). The zero-order valence-corrected chi connectivity index (χ0v) is 14.6. The fourth-order valence-electron chi connectivity index (χ4n) is 2.57. The van der Waals surface area contributed by atoms with Crippen LogP contribution in [-0.2, 0) is 14.3 Å². The van der Waals surface area contributed by atoms with Gasteiger partial charge in [-0.05, 0) is 18.6 Å². The fraction of sp³-hybridized carbons (Fsp3) is 0.529. The summed E-state index contributed by atoms with van der Waals surface area (Å²) in [5, 5.41) is 0.450. The van der Waals surface area contributed by atoms with Gasteiger partial charge in [0.2, 0.25) is 5.91 Å². The number of nitrogens with zero attached hydrogens (tertiary/aromatic N) is 2. The van der Waals surface area contributed by atoms with Crippen molar-refractivity contribution in [2.24, 2.45) is 0 Å². The van der Waals surface area contributed by atoms with Crippen LogP contribution in [0, 0.1) is 0 Å². The van der Waals surface area contributed by atoms with Crippen LogP contribution >= 0.6 is 11.6 Å². The highest BCUT2D eigenvalue weighted by atomic mass is 35.5. The summed E-state index contributed by atoms with van der Waals surface area (Å²) in [6.07, 6.45) is 0.736. The molecule has 1 aromatic carbocycles. The molecule has 24 heavy (non-hydrogen) atoms. The van der Waals surface area contributed by atoms with Gasteiger partial charge in [-0.2, -0.15) is 0 Å². The molecule has 1 aliphatic heterocycles. The second kappa shape index (κ2) is 9.61. The van der Waals surface area contributed by atoms with Gasteiger partial charge in [-0.3, -0.25) is 9.59 Å². The molecular formula is C17H23ClN2O4. The predicted molar refractivity (Wildman–Crippen MR) is 91.2 cm³/mol. The van der Waals surface area contributed by atoms with Crippen molar-refractivity contribution in [3.05, 3.63) is 34.9 Å². The van der Waals surface area contributed by atoms with Crippen LogP contribution in [-0.4, -0.2) is 74.7 Å². The van der Waals surface area contributed by atoms with Crippen LogP contribution in [0.15, 0.2) is 24.3 Å². The lowest BCUT2D eigenvalue weighted by Gasteiger charge is -2.22. The average Bonchev–Trinajstić information content (AvgIpc) is 2.84. The van der Waals surface area contributed by atoms with Gasteiger partial charge in [-0.15, -0.1) is 0 Å². The molecule has 6 nitrogen and oxygen atoms in total. The molecular weight excluding hydrogens is 332 g/mol. The van der Waals surface area contributed by atoms with Crippen molar-refractivity contribution in [3.63, 3.8) is 0 Å². The van der Waals surface area contributed by atoms with Crippen molar-refractivity contribution in [1.29, 1.82) is 0 Å². The van der Waals surface area contributed by atoms with Gasteiger partial charge in [0.25, 0.3) is 5.91 Å². The number of halogens is 1. The minimum absolute atomic E-state index is 0.0435.